The Kier molecular flexibility index (Phi) is 7.47. The van der Waals surface area contributed by atoms with Gasteiger partial charge in [0.15, 0.2) is 6.61 Å². The van der Waals surface area contributed by atoms with E-state index in [-0.39, 0.29) is 24.4 Å². The van der Waals surface area contributed by atoms with Crippen molar-refractivity contribution >= 4 is 17.8 Å². The Morgan fingerprint density at radius 2 is 1.72 bits per heavy atom. The SMILES string of the molecule is COc1ccc(OC)c(C(=O)COC(=O)C2CCN(C(=O)OC(C)(C)C)CC2)c1. The van der Waals surface area contributed by atoms with Gasteiger partial charge in [-0.3, -0.25) is 9.59 Å². The summed E-state index contributed by atoms with van der Waals surface area (Å²) in [5.41, 5.74) is -0.270. The van der Waals surface area contributed by atoms with Crippen LogP contribution in [0, 0.1) is 5.92 Å². The number of ketones is 1. The summed E-state index contributed by atoms with van der Waals surface area (Å²) < 4.78 is 20.9. The van der Waals surface area contributed by atoms with Gasteiger partial charge in [0.05, 0.1) is 25.7 Å². The maximum atomic E-state index is 12.5. The minimum absolute atomic E-state index is 0.291. The van der Waals surface area contributed by atoms with Gasteiger partial charge in [0.2, 0.25) is 5.78 Å². The minimum atomic E-state index is -0.561. The molecule has 2 rings (SSSR count). The van der Waals surface area contributed by atoms with Crippen LogP contribution >= 0.6 is 0 Å². The second kappa shape index (κ2) is 9.62. The molecule has 8 nitrogen and oxygen atoms in total. The van der Waals surface area contributed by atoms with E-state index >= 15 is 0 Å². The summed E-state index contributed by atoms with van der Waals surface area (Å²) in [7, 11) is 2.96. The first-order valence-corrected chi connectivity index (χ1v) is 9.54. The summed E-state index contributed by atoms with van der Waals surface area (Å²) in [6.07, 6.45) is 0.549. The number of amides is 1. The second-order valence-corrected chi connectivity index (χ2v) is 7.84. The van der Waals surface area contributed by atoms with Crippen molar-refractivity contribution in [2.24, 2.45) is 5.92 Å². The molecule has 0 saturated carbocycles. The van der Waals surface area contributed by atoms with Crippen LogP contribution in [0.3, 0.4) is 0 Å². The number of ether oxygens (including phenoxy) is 4. The fraction of sp³-hybridized carbons (Fsp3) is 0.571. The number of esters is 1. The van der Waals surface area contributed by atoms with Crippen LogP contribution in [0.4, 0.5) is 4.79 Å². The Balaban J connectivity index is 1.86. The van der Waals surface area contributed by atoms with Gasteiger partial charge in [-0.1, -0.05) is 0 Å². The van der Waals surface area contributed by atoms with Gasteiger partial charge in [-0.25, -0.2) is 4.79 Å². The Morgan fingerprint density at radius 3 is 2.28 bits per heavy atom. The van der Waals surface area contributed by atoms with E-state index in [0.717, 1.165) is 0 Å². The highest BCUT2D eigenvalue weighted by Crippen LogP contribution is 2.25. The van der Waals surface area contributed by atoms with Crippen LogP contribution in [0.5, 0.6) is 11.5 Å². The van der Waals surface area contributed by atoms with E-state index in [0.29, 0.717) is 43.0 Å². The number of benzene rings is 1. The highest BCUT2D eigenvalue weighted by molar-refractivity contribution is 6.00. The van der Waals surface area contributed by atoms with Gasteiger partial charge in [-0.05, 0) is 51.8 Å². The predicted molar refractivity (Wildman–Crippen MR) is 105 cm³/mol. The topological polar surface area (TPSA) is 91.4 Å². The van der Waals surface area contributed by atoms with Gasteiger partial charge in [0.25, 0.3) is 0 Å². The number of carbonyl (C=O) groups excluding carboxylic acids is 3. The van der Waals surface area contributed by atoms with E-state index in [1.807, 2.05) is 20.8 Å². The number of methoxy groups -OCH3 is 2. The average molecular weight is 407 g/mol. The molecular weight excluding hydrogens is 378 g/mol. The quantitative estimate of drug-likeness (QED) is 0.529. The summed E-state index contributed by atoms with van der Waals surface area (Å²) in [6.45, 7) is 5.86. The molecule has 160 valence electrons. The smallest absolute Gasteiger partial charge is 0.410 e. The van der Waals surface area contributed by atoms with Gasteiger partial charge in [-0.2, -0.15) is 0 Å². The minimum Gasteiger partial charge on any atom is -0.497 e. The molecule has 1 amide bonds. The molecule has 0 N–H and O–H groups in total. The van der Waals surface area contributed by atoms with Crippen LogP contribution in [0.25, 0.3) is 0 Å². The molecular formula is C21H29NO7. The van der Waals surface area contributed by atoms with Gasteiger partial charge >= 0.3 is 12.1 Å². The highest BCUT2D eigenvalue weighted by atomic mass is 16.6. The van der Waals surface area contributed by atoms with Gasteiger partial charge in [-0.15, -0.1) is 0 Å². The first kappa shape index (κ1) is 22.5. The number of carbonyl (C=O) groups is 3. The molecule has 1 saturated heterocycles. The third-order valence-electron chi connectivity index (χ3n) is 4.53. The summed E-state index contributed by atoms with van der Waals surface area (Å²) in [4.78, 5) is 38.5. The number of hydrogen-bond donors (Lipinski definition) is 0. The van der Waals surface area contributed by atoms with Crippen molar-refractivity contribution in [2.75, 3.05) is 33.9 Å². The van der Waals surface area contributed by atoms with Crippen LogP contribution in [0.15, 0.2) is 18.2 Å². The van der Waals surface area contributed by atoms with Gasteiger partial charge in [0, 0.05) is 13.1 Å². The predicted octanol–water partition coefficient (Wildman–Crippen LogP) is 3.08. The molecule has 0 spiro atoms. The molecule has 0 bridgehead atoms. The lowest BCUT2D eigenvalue weighted by Crippen LogP contribution is -2.43. The fourth-order valence-electron chi connectivity index (χ4n) is 2.99. The Morgan fingerprint density at radius 1 is 1.07 bits per heavy atom. The van der Waals surface area contributed by atoms with E-state index in [1.54, 1.807) is 23.1 Å². The van der Waals surface area contributed by atoms with Crippen molar-refractivity contribution in [1.29, 1.82) is 0 Å². The van der Waals surface area contributed by atoms with Crippen LogP contribution in [-0.4, -0.2) is 62.3 Å². The molecule has 0 aromatic heterocycles. The van der Waals surface area contributed by atoms with Crippen molar-refractivity contribution in [3.05, 3.63) is 23.8 Å². The molecule has 0 atom stereocenters. The standard InChI is InChI=1S/C21H29NO7/c1-21(2,3)29-20(25)22-10-8-14(9-11-22)19(24)28-13-17(23)16-12-15(26-4)6-7-18(16)27-5/h6-7,12,14H,8-11,13H2,1-5H3. The number of piperidine rings is 1. The number of Topliss-reactive ketones (excluding diaryl/α,β-unsaturated/α-hetero) is 1. The highest BCUT2D eigenvalue weighted by Gasteiger charge is 2.31. The maximum Gasteiger partial charge on any atom is 0.410 e. The van der Waals surface area contributed by atoms with Crippen LogP contribution in [0.1, 0.15) is 44.0 Å². The Labute approximate surface area is 171 Å². The molecule has 0 unspecified atom stereocenters. The molecule has 0 aliphatic carbocycles. The molecule has 29 heavy (non-hydrogen) atoms. The first-order valence-electron chi connectivity index (χ1n) is 9.54. The summed E-state index contributed by atoms with van der Waals surface area (Å²) in [5, 5.41) is 0. The van der Waals surface area contributed by atoms with Crippen LogP contribution < -0.4 is 9.47 Å². The lowest BCUT2D eigenvalue weighted by Gasteiger charge is -2.32. The molecule has 8 heteroatoms. The maximum absolute atomic E-state index is 12.5. The van der Waals surface area contributed by atoms with Crippen molar-refractivity contribution in [1.82, 2.24) is 4.90 Å². The third-order valence-corrected chi connectivity index (χ3v) is 4.53. The Bertz CT molecular complexity index is 746. The van der Waals surface area contributed by atoms with E-state index in [9.17, 15) is 14.4 Å². The largest absolute Gasteiger partial charge is 0.497 e. The number of hydrogen-bond acceptors (Lipinski definition) is 7. The molecule has 1 aromatic rings. The zero-order valence-corrected chi connectivity index (χ0v) is 17.6. The monoisotopic (exact) mass is 407 g/mol. The zero-order valence-electron chi connectivity index (χ0n) is 17.6. The second-order valence-electron chi connectivity index (χ2n) is 7.84. The van der Waals surface area contributed by atoms with Gasteiger partial charge < -0.3 is 23.8 Å². The van der Waals surface area contributed by atoms with Crippen molar-refractivity contribution < 1.29 is 33.3 Å². The summed E-state index contributed by atoms with van der Waals surface area (Å²) in [6, 6.07) is 4.86. The lowest BCUT2D eigenvalue weighted by atomic mass is 9.97. The third kappa shape index (κ3) is 6.37. The van der Waals surface area contributed by atoms with Gasteiger partial charge in [0.1, 0.15) is 17.1 Å². The molecule has 1 aromatic carbocycles. The molecule has 1 heterocycles. The summed E-state index contributed by atoms with van der Waals surface area (Å²) in [5.74, 6) is -0.273. The molecule has 1 aliphatic rings. The normalized spacial score (nSPS) is 14.9. The van der Waals surface area contributed by atoms with Crippen molar-refractivity contribution in [3.63, 3.8) is 0 Å². The van der Waals surface area contributed by atoms with E-state index in [1.165, 1.54) is 14.2 Å². The van der Waals surface area contributed by atoms with E-state index < -0.39 is 11.6 Å². The average Bonchev–Trinajstić information content (AvgIpc) is 2.70. The van der Waals surface area contributed by atoms with E-state index in [2.05, 4.69) is 0 Å². The number of rotatable bonds is 6. The Hall–Kier alpha value is -2.77. The number of nitrogens with zero attached hydrogens (tertiary/aromatic N) is 1. The van der Waals surface area contributed by atoms with Crippen LogP contribution in [0.2, 0.25) is 0 Å². The zero-order chi connectivity index (χ0) is 21.6. The molecule has 0 radical (unpaired) electrons. The van der Waals surface area contributed by atoms with Crippen molar-refractivity contribution in [2.45, 2.75) is 39.2 Å². The summed E-state index contributed by atoms with van der Waals surface area (Å²) >= 11 is 0. The molecule has 1 fully saturated rings. The first-order chi connectivity index (χ1) is 13.6. The number of likely N-dealkylation sites (tertiary alicyclic amines) is 1. The fourth-order valence-corrected chi connectivity index (χ4v) is 2.99. The van der Waals surface area contributed by atoms with Crippen molar-refractivity contribution in [3.8, 4) is 11.5 Å². The van der Waals surface area contributed by atoms with Crippen LogP contribution in [-0.2, 0) is 14.3 Å². The lowest BCUT2D eigenvalue weighted by molar-refractivity contribution is -0.149. The van der Waals surface area contributed by atoms with E-state index in [4.69, 9.17) is 18.9 Å². The molecule has 1 aliphatic heterocycles.